The summed E-state index contributed by atoms with van der Waals surface area (Å²) >= 11 is 4.46. The van der Waals surface area contributed by atoms with E-state index in [-0.39, 0.29) is 0 Å². The molecule has 2 aromatic rings. The summed E-state index contributed by atoms with van der Waals surface area (Å²) in [5, 5.41) is 3.31. The van der Waals surface area contributed by atoms with Gasteiger partial charge in [0.25, 0.3) is 0 Å². The van der Waals surface area contributed by atoms with Gasteiger partial charge in [0.2, 0.25) is 0 Å². The molecule has 0 spiro atoms. The number of rotatable bonds is 3. The second-order valence-corrected chi connectivity index (χ2v) is 5.38. The summed E-state index contributed by atoms with van der Waals surface area (Å²) in [5.41, 5.74) is 1.12. The van der Waals surface area contributed by atoms with Crippen LogP contribution in [0.1, 0.15) is 5.76 Å². The van der Waals surface area contributed by atoms with Gasteiger partial charge in [-0.1, -0.05) is 6.07 Å². The minimum Gasteiger partial charge on any atom is -0.454 e. The number of halogens is 2. The van der Waals surface area contributed by atoms with E-state index in [0.29, 0.717) is 0 Å². The molecule has 4 heteroatoms. The van der Waals surface area contributed by atoms with Crippen LogP contribution in [0.25, 0.3) is 0 Å². The van der Waals surface area contributed by atoms with Gasteiger partial charge in [0, 0.05) is 9.26 Å². The van der Waals surface area contributed by atoms with Crippen LogP contribution in [0.3, 0.4) is 0 Å². The van der Waals surface area contributed by atoms with Crippen molar-refractivity contribution in [2.75, 3.05) is 5.32 Å². The highest BCUT2D eigenvalue weighted by Gasteiger charge is 1.99. The van der Waals surface area contributed by atoms with Crippen LogP contribution in [-0.2, 0) is 6.54 Å². The van der Waals surface area contributed by atoms with Crippen molar-refractivity contribution in [3.05, 3.63) is 49.5 Å². The van der Waals surface area contributed by atoms with Crippen LogP contribution >= 0.6 is 45.2 Å². The van der Waals surface area contributed by atoms with Crippen molar-refractivity contribution in [2.45, 2.75) is 6.54 Å². The molecule has 0 amide bonds. The third kappa shape index (κ3) is 3.37. The molecular weight excluding hydrogens is 416 g/mol. The molecule has 1 heterocycles. The lowest BCUT2D eigenvalue weighted by Gasteiger charge is -2.04. The predicted molar refractivity (Wildman–Crippen MR) is 77.9 cm³/mol. The van der Waals surface area contributed by atoms with E-state index < -0.39 is 0 Å². The number of furan rings is 1. The third-order valence-electron chi connectivity index (χ3n) is 1.92. The van der Waals surface area contributed by atoms with Crippen molar-refractivity contribution in [1.29, 1.82) is 0 Å². The maximum atomic E-state index is 5.46. The Bertz CT molecular complexity index is 453. The highest BCUT2D eigenvalue weighted by atomic mass is 127. The molecule has 0 radical (unpaired) electrons. The molecule has 0 aliphatic carbocycles. The lowest BCUT2D eigenvalue weighted by atomic mass is 10.3. The average Bonchev–Trinajstić information content (AvgIpc) is 2.62. The number of anilines is 1. The van der Waals surface area contributed by atoms with Gasteiger partial charge >= 0.3 is 0 Å². The fraction of sp³-hybridized carbons (Fsp3) is 0.0909. The van der Waals surface area contributed by atoms with E-state index >= 15 is 0 Å². The van der Waals surface area contributed by atoms with Gasteiger partial charge in [-0.25, -0.2) is 0 Å². The first-order valence-corrected chi connectivity index (χ1v) is 6.63. The molecular formula is C11H9I2NO. The van der Waals surface area contributed by atoms with Crippen LogP contribution < -0.4 is 5.32 Å². The Hall–Kier alpha value is -0.240. The molecule has 0 aliphatic heterocycles. The third-order valence-corrected chi connectivity index (χ3v) is 3.17. The van der Waals surface area contributed by atoms with Gasteiger partial charge in [-0.15, -0.1) is 0 Å². The topological polar surface area (TPSA) is 25.2 Å². The fourth-order valence-electron chi connectivity index (χ4n) is 1.23. The summed E-state index contributed by atoms with van der Waals surface area (Å²) in [4.78, 5) is 0. The fourth-order valence-corrected chi connectivity index (χ4v) is 2.24. The number of hydrogen-bond acceptors (Lipinski definition) is 2. The zero-order valence-corrected chi connectivity index (χ0v) is 12.2. The van der Waals surface area contributed by atoms with Gasteiger partial charge in [0.1, 0.15) is 5.76 Å². The van der Waals surface area contributed by atoms with E-state index in [1.54, 1.807) is 0 Å². The first-order chi connectivity index (χ1) is 7.24. The maximum Gasteiger partial charge on any atom is 0.164 e. The van der Waals surface area contributed by atoms with E-state index in [1.807, 2.05) is 18.2 Å². The normalized spacial score (nSPS) is 10.3. The Morgan fingerprint density at radius 2 is 2.00 bits per heavy atom. The van der Waals surface area contributed by atoms with Crippen LogP contribution in [0, 0.1) is 7.34 Å². The molecule has 0 saturated carbocycles. The van der Waals surface area contributed by atoms with Gasteiger partial charge in [-0.05, 0) is 75.5 Å². The second-order valence-electron chi connectivity index (χ2n) is 3.07. The first-order valence-electron chi connectivity index (χ1n) is 4.48. The van der Waals surface area contributed by atoms with Gasteiger partial charge in [0.05, 0.1) is 6.54 Å². The van der Waals surface area contributed by atoms with E-state index in [1.165, 1.54) is 3.57 Å². The summed E-state index contributed by atoms with van der Waals surface area (Å²) in [5.74, 6) is 0.957. The van der Waals surface area contributed by atoms with Gasteiger partial charge in [-0.2, -0.15) is 0 Å². The number of benzene rings is 1. The lowest BCUT2D eigenvalue weighted by Crippen LogP contribution is -1.97. The molecule has 1 aromatic heterocycles. The quantitative estimate of drug-likeness (QED) is 0.750. The van der Waals surface area contributed by atoms with Crippen molar-refractivity contribution in [3.8, 4) is 0 Å². The molecule has 0 bridgehead atoms. The maximum absolute atomic E-state index is 5.46. The monoisotopic (exact) mass is 425 g/mol. The molecule has 78 valence electrons. The van der Waals surface area contributed by atoms with Gasteiger partial charge in [0.15, 0.2) is 3.77 Å². The Morgan fingerprint density at radius 3 is 2.67 bits per heavy atom. The molecule has 0 atom stereocenters. The highest BCUT2D eigenvalue weighted by Crippen LogP contribution is 2.15. The Kier molecular flexibility index (Phi) is 3.90. The molecule has 2 rings (SSSR count). The average molecular weight is 425 g/mol. The van der Waals surface area contributed by atoms with E-state index in [9.17, 15) is 0 Å². The summed E-state index contributed by atoms with van der Waals surface area (Å²) in [6, 6.07) is 12.2. The summed E-state index contributed by atoms with van der Waals surface area (Å²) in [7, 11) is 0. The number of nitrogens with one attached hydrogen (secondary N) is 1. The zero-order valence-electron chi connectivity index (χ0n) is 7.84. The van der Waals surface area contributed by atoms with Gasteiger partial charge in [-0.3, -0.25) is 0 Å². The van der Waals surface area contributed by atoms with Crippen molar-refractivity contribution in [2.24, 2.45) is 0 Å². The summed E-state index contributed by atoms with van der Waals surface area (Å²) in [6.07, 6.45) is 0. The van der Waals surface area contributed by atoms with E-state index in [2.05, 4.69) is 68.7 Å². The van der Waals surface area contributed by atoms with Crippen LogP contribution in [0.4, 0.5) is 5.69 Å². The van der Waals surface area contributed by atoms with Crippen LogP contribution in [0.5, 0.6) is 0 Å². The molecule has 1 N–H and O–H groups in total. The minimum atomic E-state index is 0.725. The van der Waals surface area contributed by atoms with Crippen molar-refractivity contribution in [1.82, 2.24) is 0 Å². The largest absolute Gasteiger partial charge is 0.454 e. The molecule has 0 fully saturated rings. The molecule has 0 saturated heterocycles. The van der Waals surface area contributed by atoms with Crippen LogP contribution in [0.15, 0.2) is 40.8 Å². The van der Waals surface area contributed by atoms with E-state index in [4.69, 9.17) is 4.42 Å². The Morgan fingerprint density at radius 1 is 1.13 bits per heavy atom. The molecule has 0 unspecified atom stereocenters. The van der Waals surface area contributed by atoms with Crippen LogP contribution in [-0.4, -0.2) is 0 Å². The molecule has 0 aliphatic rings. The van der Waals surface area contributed by atoms with Crippen molar-refractivity contribution < 1.29 is 4.42 Å². The molecule has 1 aromatic carbocycles. The zero-order chi connectivity index (χ0) is 10.7. The SMILES string of the molecule is Ic1cccc(NCc2ccc(I)o2)c1. The van der Waals surface area contributed by atoms with Crippen LogP contribution in [0.2, 0.25) is 0 Å². The summed E-state index contributed by atoms with van der Waals surface area (Å²) < 4.78 is 7.61. The minimum absolute atomic E-state index is 0.725. The first kappa shape index (κ1) is 11.3. The lowest BCUT2D eigenvalue weighted by molar-refractivity contribution is 0.493. The van der Waals surface area contributed by atoms with Crippen molar-refractivity contribution in [3.63, 3.8) is 0 Å². The van der Waals surface area contributed by atoms with Gasteiger partial charge < -0.3 is 9.73 Å². The molecule has 15 heavy (non-hydrogen) atoms. The molecule has 2 nitrogen and oxygen atoms in total. The standard InChI is InChI=1S/C11H9I2NO/c12-8-2-1-3-9(6-8)14-7-10-4-5-11(13)15-10/h1-6,14H,7H2. The Balaban J connectivity index is 1.99. The highest BCUT2D eigenvalue weighted by molar-refractivity contribution is 14.1. The number of hydrogen-bond donors (Lipinski definition) is 1. The van der Waals surface area contributed by atoms with E-state index in [0.717, 1.165) is 21.8 Å². The smallest absolute Gasteiger partial charge is 0.164 e. The summed E-state index contributed by atoms with van der Waals surface area (Å²) in [6.45, 7) is 0.725. The second kappa shape index (κ2) is 5.20. The van der Waals surface area contributed by atoms with Crippen molar-refractivity contribution >= 4 is 50.9 Å². The Labute approximate surface area is 116 Å². The predicted octanol–water partition coefficient (Wildman–Crippen LogP) is 4.10.